The van der Waals surface area contributed by atoms with Crippen molar-refractivity contribution in [1.82, 2.24) is 9.55 Å². The van der Waals surface area contributed by atoms with Crippen LogP contribution in [0.2, 0.25) is 0 Å². The van der Waals surface area contributed by atoms with Crippen LogP contribution in [0.4, 0.5) is 0 Å². The van der Waals surface area contributed by atoms with E-state index in [0.717, 1.165) is 32.1 Å². The van der Waals surface area contributed by atoms with E-state index in [1.807, 2.05) is 12.5 Å². The monoisotopic (exact) mass is 209 g/mol. The minimum atomic E-state index is 0.693. The summed E-state index contributed by atoms with van der Waals surface area (Å²) >= 11 is 0. The Morgan fingerprint density at radius 3 is 3.27 bits per heavy atom. The molecule has 1 aliphatic heterocycles. The first-order chi connectivity index (χ1) is 7.40. The predicted molar refractivity (Wildman–Crippen MR) is 58.5 cm³/mol. The maximum Gasteiger partial charge on any atom is 0.0948 e. The van der Waals surface area contributed by atoms with E-state index in [4.69, 9.17) is 10.5 Å². The molecule has 4 heteroatoms. The second kappa shape index (κ2) is 5.28. The fraction of sp³-hybridized carbons (Fsp3) is 0.727. The maximum absolute atomic E-state index is 5.55. The van der Waals surface area contributed by atoms with Crippen molar-refractivity contribution in [2.24, 2.45) is 11.7 Å². The lowest BCUT2D eigenvalue weighted by Gasteiger charge is -2.10. The molecule has 0 bridgehead atoms. The molecule has 1 aromatic rings. The van der Waals surface area contributed by atoms with Crippen molar-refractivity contribution < 1.29 is 4.74 Å². The van der Waals surface area contributed by atoms with Crippen LogP contribution in [0.5, 0.6) is 0 Å². The van der Waals surface area contributed by atoms with Crippen LogP contribution in [0.1, 0.15) is 18.5 Å². The number of nitrogens with two attached hydrogens (primary N) is 1. The Morgan fingerprint density at radius 2 is 2.53 bits per heavy atom. The number of imidazole rings is 1. The zero-order valence-electron chi connectivity index (χ0n) is 9.06. The summed E-state index contributed by atoms with van der Waals surface area (Å²) in [5, 5.41) is 0. The molecular weight excluding hydrogens is 190 g/mol. The van der Waals surface area contributed by atoms with E-state index in [-0.39, 0.29) is 0 Å². The highest BCUT2D eigenvalue weighted by Gasteiger charge is 2.15. The third-order valence-corrected chi connectivity index (χ3v) is 3.00. The number of nitrogens with zero attached hydrogens (tertiary/aromatic N) is 2. The summed E-state index contributed by atoms with van der Waals surface area (Å²) < 4.78 is 7.57. The summed E-state index contributed by atoms with van der Waals surface area (Å²) in [6.45, 7) is 3.60. The third-order valence-electron chi connectivity index (χ3n) is 3.00. The number of aryl methyl sites for hydroxylation is 1. The Hall–Kier alpha value is -0.870. The highest BCUT2D eigenvalue weighted by Crippen LogP contribution is 2.17. The summed E-state index contributed by atoms with van der Waals surface area (Å²) in [7, 11) is 0. The summed E-state index contributed by atoms with van der Waals surface area (Å²) in [6, 6.07) is 0. The van der Waals surface area contributed by atoms with Crippen molar-refractivity contribution in [2.75, 3.05) is 19.8 Å². The van der Waals surface area contributed by atoms with E-state index in [1.54, 1.807) is 0 Å². The molecule has 1 fully saturated rings. The Kier molecular flexibility index (Phi) is 3.75. The van der Waals surface area contributed by atoms with E-state index in [9.17, 15) is 0 Å². The van der Waals surface area contributed by atoms with Crippen LogP contribution < -0.4 is 5.73 Å². The molecule has 4 nitrogen and oxygen atoms in total. The lowest BCUT2D eigenvalue weighted by atomic mass is 10.1. The van der Waals surface area contributed by atoms with Gasteiger partial charge < -0.3 is 15.0 Å². The van der Waals surface area contributed by atoms with Gasteiger partial charge in [0, 0.05) is 38.1 Å². The first-order valence-corrected chi connectivity index (χ1v) is 5.67. The topological polar surface area (TPSA) is 53.1 Å². The second-order valence-electron chi connectivity index (χ2n) is 4.14. The average molecular weight is 209 g/mol. The Morgan fingerprint density at radius 1 is 1.60 bits per heavy atom. The molecule has 1 unspecified atom stereocenters. The van der Waals surface area contributed by atoms with Crippen LogP contribution in [0.25, 0.3) is 0 Å². The van der Waals surface area contributed by atoms with Gasteiger partial charge in [0.1, 0.15) is 0 Å². The predicted octanol–water partition coefficient (Wildman–Crippen LogP) is 0.811. The summed E-state index contributed by atoms with van der Waals surface area (Å²) in [5.74, 6) is 0.734. The summed E-state index contributed by atoms with van der Waals surface area (Å²) in [4.78, 5) is 4.16. The number of rotatable bonds is 5. The molecule has 1 saturated heterocycles. The number of hydrogen-bond donors (Lipinski definition) is 1. The minimum absolute atomic E-state index is 0.693. The van der Waals surface area contributed by atoms with Gasteiger partial charge in [-0.15, -0.1) is 0 Å². The number of aromatic nitrogens is 2. The van der Waals surface area contributed by atoms with Crippen molar-refractivity contribution >= 4 is 0 Å². The Bertz CT molecular complexity index is 292. The van der Waals surface area contributed by atoms with Gasteiger partial charge in [0.2, 0.25) is 0 Å². The van der Waals surface area contributed by atoms with Crippen molar-refractivity contribution in [1.29, 1.82) is 0 Å². The lowest BCUT2D eigenvalue weighted by molar-refractivity contribution is 0.183. The van der Waals surface area contributed by atoms with Gasteiger partial charge in [0.05, 0.1) is 6.33 Å². The zero-order chi connectivity index (χ0) is 10.5. The molecule has 84 valence electrons. The molecule has 0 amide bonds. The van der Waals surface area contributed by atoms with Gasteiger partial charge in [-0.05, 0) is 25.3 Å². The molecule has 0 aliphatic carbocycles. The largest absolute Gasteiger partial charge is 0.381 e. The van der Waals surface area contributed by atoms with Gasteiger partial charge >= 0.3 is 0 Å². The van der Waals surface area contributed by atoms with Crippen molar-refractivity contribution in [3.8, 4) is 0 Å². The number of hydrogen-bond acceptors (Lipinski definition) is 3. The molecule has 0 radical (unpaired) electrons. The minimum Gasteiger partial charge on any atom is -0.381 e. The first kappa shape index (κ1) is 10.6. The van der Waals surface area contributed by atoms with Crippen molar-refractivity contribution in [2.45, 2.75) is 25.8 Å². The van der Waals surface area contributed by atoms with Gasteiger partial charge in [-0.3, -0.25) is 0 Å². The third kappa shape index (κ3) is 2.79. The Balaban J connectivity index is 1.83. The van der Waals surface area contributed by atoms with Crippen molar-refractivity contribution in [3.63, 3.8) is 0 Å². The molecule has 2 rings (SSSR count). The smallest absolute Gasteiger partial charge is 0.0948 e. The fourth-order valence-electron chi connectivity index (χ4n) is 2.04. The second-order valence-corrected chi connectivity index (χ2v) is 4.14. The van der Waals surface area contributed by atoms with Gasteiger partial charge in [-0.25, -0.2) is 4.98 Å². The van der Waals surface area contributed by atoms with E-state index < -0.39 is 0 Å². The molecule has 0 aromatic carbocycles. The van der Waals surface area contributed by atoms with Crippen LogP contribution >= 0.6 is 0 Å². The van der Waals surface area contributed by atoms with Gasteiger partial charge in [-0.1, -0.05) is 0 Å². The molecule has 0 saturated carbocycles. The fourth-order valence-corrected chi connectivity index (χ4v) is 2.04. The zero-order valence-corrected chi connectivity index (χ0v) is 9.06. The van der Waals surface area contributed by atoms with Gasteiger partial charge in [0.15, 0.2) is 0 Å². The molecule has 1 atom stereocenters. The molecule has 1 aromatic heterocycles. The normalized spacial score (nSPS) is 21.0. The van der Waals surface area contributed by atoms with E-state index in [1.165, 1.54) is 18.5 Å². The molecular formula is C11H19N3O. The quantitative estimate of drug-likeness (QED) is 0.780. The highest BCUT2D eigenvalue weighted by atomic mass is 16.5. The first-order valence-electron chi connectivity index (χ1n) is 5.67. The van der Waals surface area contributed by atoms with Crippen molar-refractivity contribution in [3.05, 3.63) is 18.2 Å². The molecule has 0 spiro atoms. The SMILES string of the molecule is NCCc1cncn1CCC1CCOC1. The Labute approximate surface area is 90.4 Å². The summed E-state index contributed by atoms with van der Waals surface area (Å²) in [5.41, 5.74) is 6.79. The molecule has 2 heterocycles. The van der Waals surface area contributed by atoms with Crippen LogP contribution in [-0.4, -0.2) is 29.3 Å². The van der Waals surface area contributed by atoms with Crippen LogP contribution in [0, 0.1) is 5.92 Å². The molecule has 15 heavy (non-hydrogen) atoms. The van der Waals surface area contributed by atoms with Crippen LogP contribution in [0.15, 0.2) is 12.5 Å². The standard InChI is InChI=1S/C11H19N3O/c12-4-1-11-7-13-9-14(11)5-2-10-3-6-15-8-10/h7,9-10H,1-6,8,12H2. The molecule has 1 aliphatic rings. The highest BCUT2D eigenvalue weighted by molar-refractivity contribution is 4.98. The van der Waals surface area contributed by atoms with E-state index >= 15 is 0 Å². The van der Waals surface area contributed by atoms with Crippen LogP contribution in [0.3, 0.4) is 0 Å². The van der Waals surface area contributed by atoms with E-state index in [0.29, 0.717) is 6.54 Å². The van der Waals surface area contributed by atoms with Gasteiger partial charge in [-0.2, -0.15) is 0 Å². The van der Waals surface area contributed by atoms with Crippen LogP contribution in [-0.2, 0) is 17.7 Å². The maximum atomic E-state index is 5.55. The number of ether oxygens (including phenoxy) is 1. The lowest BCUT2D eigenvalue weighted by Crippen LogP contribution is -2.11. The van der Waals surface area contributed by atoms with E-state index in [2.05, 4.69) is 9.55 Å². The average Bonchev–Trinajstić information content (AvgIpc) is 2.85. The summed E-state index contributed by atoms with van der Waals surface area (Å²) in [6.07, 6.45) is 7.13. The molecule has 2 N–H and O–H groups in total. The van der Waals surface area contributed by atoms with Gasteiger partial charge in [0.25, 0.3) is 0 Å².